The SMILES string of the molecule is Cc1ccccc1OOC1=NCCO1. The summed E-state index contributed by atoms with van der Waals surface area (Å²) in [6.07, 6.45) is 0.202. The third-order valence-electron chi connectivity index (χ3n) is 1.85. The van der Waals surface area contributed by atoms with E-state index in [1.165, 1.54) is 0 Å². The molecule has 0 N–H and O–H groups in total. The minimum Gasteiger partial charge on any atom is -0.446 e. The van der Waals surface area contributed by atoms with Gasteiger partial charge in [0.25, 0.3) is 0 Å². The Bertz CT molecular complexity index is 349. The molecule has 4 heteroatoms. The minimum absolute atomic E-state index is 0.202. The normalized spacial score (nSPS) is 14.5. The predicted molar refractivity (Wildman–Crippen MR) is 51.1 cm³/mol. The van der Waals surface area contributed by atoms with Gasteiger partial charge in [-0.3, -0.25) is 4.89 Å². The van der Waals surface area contributed by atoms with Crippen molar-refractivity contribution < 1.29 is 14.5 Å². The minimum atomic E-state index is 0.202. The zero-order valence-electron chi connectivity index (χ0n) is 7.90. The Morgan fingerprint density at radius 2 is 2.14 bits per heavy atom. The van der Waals surface area contributed by atoms with Crippen molar-refractivity contribution in [3.8, 4) is 5.75 Å². The maximum absolute atomic E-state index is 5.06. The molecule has 0 saturated heterocycles. The van der Waals surface area contributed by atoms with E-state index in [1.54, 1.807) is 0 Å². The Morgan fingerprint density at radius 1 is 1.29 bits per heavy atom. The summed E-state index contributed by atoms with van der Waals surface area (Å²) in [5, 5.41) is 0. The van der Waals surface area contributed by atoms with Crippen LogP contribution in [0, 0.1) is 6.92 Å². The topological polar surface area (TPSA) is 40.0 Å². The summed E-state index contributed by atoms with van der Waals surface area (Å²) >= 11 is 0. The molecule has 1 aromatic carbocycles. The van der Waals surface area contributed by atoms with Crippen LogP contribution in [-0.2, 0) is 9.62 Å². The highest BCUT2D eigenvalue weighted by molar-refractivity contribution is 5.67. The van der Waals surface area contributed by atoms with Crippen LogP contribution in [0.3, 0.4) is 0 Å². The van der Waals surface area contributed by atoms with Crippen LogP contribution in [0.5, 0.6) is 5.75 Å². The van der Waals surface area contributed by atoms with Gasteiger partial charge in [0.1, 0.15) is 6.61 Å². The van der Waals surface area contributed by atoms with E-state index in [4.69, 9.17) is 14.5 Å². The molecule has 1 heterocycles. The van der Waals surface area contributed by atoms with E-state index >= 15 is 0 Å². The standard InChI is InChI=1S/C10H11NO3/c1-8-4-2-3-5-9(8)13-14-10-11-6-7-12-10/h2-5H,6-7H2,1H3. The summed E-state index contributed by atoms with van der Waals surface area (Å²) in [5.41, 5.74) is 1.01. The average molecular weight is 193 g/mol. The van der Waals surface area contributed by atoms with Crippen LogP contribution in [0.4, 0.5) is 0 Å². The Hall–Kier alpha value is -1.71. The summed E-state index contributed by atoms with van der Waals surface area (Å²) in [6.45, 7) is 3.13. The highest BCUT2D eigenvalue weighted by Crippen LogP contribution is 2.16. The van der Waals surface area contributed by atoms with Crippen molar-refractivity contribution in [3.63, 3.8) is 0 Å². The summed E-state index contributed by atoms with van der Waals surface area (Å²) in [7, 11) is 0. The second kappa shape index (κ2) is 4.00. The molecular weight excluding hydrogens is 182 g/mol. The van der Waals surface area contributed by atoms with Crippen LogP contribution < -0.4 is 4.89 Å². The Labute approximate surface area is 82.1 Å². The third kappa shape index (κ3) is 1.96. The second-order valence-corrected chi connectivity index (χ2v) is 2.93. The van der Waals surface area contributed by atoms with E-state index in [-0.39, 0.29) is 6.08 Å². The van der Waals surface area contributed by atoms with E-state index in [2.05, 4.69) is 4.99 Å². The molecule has 0 bridgehead atoms. The molecule has 4 nitrogen and oxygen atoms in total. The quantitative estimate of drug-likeness (QED) is 0.530. The van der Waals surface area contributed by atoms with Gasteiger partial charge in [-0.15, -0.1) is 0 Å². The van der Waals surface area contributed by atoms with Crippen molar-refractivity contribution in [1.82, 2.24) is 0 Å². The Morgan fingerprint density at radius 3 is 2.86 bits per heavy atom. The van der Waals surface area contributed by atoms with Crippen molar-refractivity contribution in [1.29, 1.82) is 0 Å². The summed E-state index contributed by atoms with van der Waals surface area (Å²) in [4.78, 5) is 13.9. The Balaban J connectivity index is 1.94. The van der Waals surface area contributed by atoms with Crippen molar-refractivity contribution in [2.24, 2.45) is 4.99 Å². The molecular formula is C10H11NO3. The van der Waals surface area contributed by atoms with Gasteiger partial charge in [0.2, 0.25) is 0 Å². The maximum atomic E-state index is 5.06. The molecule has 0 spiro atoms. The van der Waals surface area contributed by atoms with Gasteiger partial charge in [-0.25, -0.2) is 9.88 Å². The second-order valence-electron chi connectivity index (χ2n) is 2.93. The molecule has 0 radical (unpaired) electrons. The van der Waals surface area contributed by atoms with Gasteiger partial charge < -0.3 is 4.74 Å². The number of rotatable bonds is 2. The molecule has 2 rings (SSSR count). The fraction of sp³-hybridized carbons (Fsp3) is 0.300. The number of para-hydroxylation sites is 1. The van der Waals surface area contributed by atoms with Crippen molar-refractivity contribution in [2.75, 3.05) is 13.2 Å². The first kappa shape index (κ1) is 8.87. The molecule has 0 fully saturated rings. The maximum Gasteiger partial charge on any atom is 0.428 e. The Kier molecular flexibility index (Phi) is 2.53. The van der Waals surface area contributed by atoms with Gasteiger partial charge in [-0.1, -0.05) is 18.2 Å². The van der Waals surface area contributed by atoms with E-state index < -0.39 is 0 Å². The van der Waals surface area contributed by atoms with E-state index in [1.807, 2.05) is 31.2 Å². The molecule has 1 aliphatic rings. The lowest BCUT2D eigenvalue weighted by Crippen LogP contribution is -2.08. The van der Waals surface area contributed by atoms with Gasteiger partial charge in [-0.05, 0) is 18.6 Å². The smallest absolute Gasteiger partial charge is 0.428 e. The van der Waals surface area contributed by atoms with Gasteiger partial charge in [0.05, 0.1) is 6.54 Å². The fourth-order valence-electron chi connectivity index (χ4n) is 1.10. The highest BCUT2D eigenvalue weighted by Gasteiger charge is 2.10. The molecule has 0 aliphatic carbocycles. The lowest BCUT2D eigenvalue weighted by atomic mass is 10.2. The lowest BCUT2D eigenvalue weighted by molar-refractivity contribution is -0.138. The van der Waals surface area contributed by atoms with Gasteiger partial charge >= 0.3 is 6.08 Å². The molecule has 0 saturated carbocycles. The van der Waals surface area contributed by atoms with Crippen LogP contribution in [0.15, 0.2) is 29.3 Å². The van der Waals surface area contributed by atoms with Crippen LogP contribution in [0.2, 0.25) is 0 Å². The molecule has 14 heavy (non-hydrogen) atoms. The largest absolute Gasteiger partial charge is 0.446 e. The number of aliphatic imine (C=N–C) groups is 1. The third-order valence-corrected chi connectivity index (χ3v) is 1.85. The molecule has 0 atom stereocenters. The molecule has 1 aliphatic heterocycles. The summed E-state index contributed by atoms with van der Waals surface area (Å²) < 4.78 is 5.02. The average Bonchev–Trinajstić information content (AvgIpc) is 2.69. The van der Waals surface area contributed by atoms with Gasteiger partial charge in [0.15, 0.2) is 5.75 Å². The van der Waals surface area contributed by atoms with Crippen LogP contribution in [-0.4, -0.2) is 19.2 Å². The first-order valence-corrected chi connectivity index (χ1v) is 4.43. The highest BCUT2D eigenvalue weighted by atomic mass is 17.2. The van der Waals surface area contributed by atoms with Crippen LogP contribution in [0.1, 0.15) is 5.56 Å². The molecule has 74 valence electrons. The number of hydrogen-bond donors (Lipinski definition) is 0. The first-order valence-electron chi connectivity index (χ1n) is 4.43. The van der Waals surface area contributed by atoms with Gasteiger partial charge in [0, 0.05) is 0 Å². The van der Waals surface area contributed by atoms with Crippen LogP contribution in [0.25, 0.3) is 0 Å². The predicted octanol–water partition coefficient (Wildman–Crippen LogP) is 1.69. The van der Waals surface area contributed by atoms with Crippen molar-refractivity contribution in [2.45, 2.75) is 6.92 Å². The molecule has 1 aromatic rings. The number of aryl methyl sites for hydroxylation is 1. The van der Waals surface area contributed by atoms with Crippen molar-refractivity contribution >= 4 is 6.08 Å². The zero-order valence-corrected chi connectivity index (χ0v) is 7.90. The number of hydrogen-bond acceptors (Lipinski definition) is 4. The summed E-state index contributed by atoms with van der Waals surface area (Å²) in [6, 6.07) is 7.58. The molecule has 0 unspecified atom stereocenters. The number of ether oxygens (including phenoxy) is 1. The zero-order chi connectivity index (χ0) is 9.80. The monoisotopic (exact) mass is 193 g/mol. The summed E-state index contributed by atoms with van der Waals surface area (Å²) in [5.74, 6) is 0.672. The van der Waals surface area contributed by atoms with E-state index in [0.717, 1.165) is 5.56 Å². The van der Waals surface area contributed by atoms with Gasteiger partial charge in [-0.2, -0.15) is 0 Å². The molecule has 0 amide bonds. The number of nitrogens with zero attached hydrogens (tertiary/aromatic N) is 1. The van der Waals surface area contributed by atoms with E-state index in [9.17, 15) is 0 Å². The number of benzene rings is 1. The van der Waals surface area contributed by atoms with Crippen molar-refractivity contribution in [3.05, 3.63) is 29.8 Å². The van der Waals surface area contributed by atoms with E-state index in [0.29, 0.717) is 18.9 Å². The lowest BCUT2D eigenvalue weighted by Gasteiger charge is -2.05. The first-order chi connectivity index (χ1) is 6.86. The molecule has 0 aromatic heterocycles. The van der Waals surface area contributed by atoms with Crippen LogP contribution >= 0.6 is 0 Å². The fourth-order valence-corrected chi connectivity index (χ4v) is 1.10.